The van der Waals surface area contributed by atoms with E-state index in [4.69, 9.17) is 15.3 Å². The topological polar surface area (TPSA) is 80.3 Å². The average molecular weight is 243 g/mol. The van der Waals surface area contributed by atoms with Crippen molar-refractivity contribution >= 4 is 5.69 Å². The van der Waals surface area contributed by atoms with Crippen molar-refractivity contribution in [3.63, 3.8) is 0 Å². The molecule has 0 spiro atoms. The van der Waals surface area contributed by atoms with E-state index in [2.05, 4.69) is 0 Å². The second-order valence-corrected chi connectivity index (χ2v) is 3.54. The summed E-state index contributed by atoms with van der Waals surface area (Å²) in [4.78, 5) is 1.65. The fourth-order valence-corrected chi connectivity index (χ4v) is 1.33. The number of nitrogens with zero attached hydrogens (tertiary/aromatic N) is 3. The molecule has 0 saturated carbocycles. The van der Waals surface area contributed by atoms with Crippen LogP contribution in [0.1, 0.15) is 0 Å². The molecule has 1 atom stereocenters. The lowest BCUT2D eigenvalue weighted by Crippen LogP contribution is -2.14. The van der Waals surface area contributed by atoms with Gasteiger partial charge in [-0.25, -0.2) is 0 Å². The number of aliphatic hydroxyl groups is 1. The zero-order chi connectivity index (χ0) is 13.5. The standard InChI is InChI=1S/C13H13N3O2/c1-16(9-10(7-14)13(17)8-15)11-3-5-12(18-2)6-4-11/h3-6,9,13,17H,1-2H3/b10-9+. The largest absolute Gasteiger partial charge is 0.497 e. The first kappa shape index (κ1) is 13.6. The van der Waals surface area contributed by atoms with Gasteiger partial charge < -0.3 is 14.7 Å². The summed E-state index contributed by atoms with van der Waals surface area (Å²) in [7, 11) is 3.30. The molecule has 1 aromatic carbocycles. The van der Waals surface area contributed by atoms with Crippen LogP contribution >= 0.6 is 0 Å². The van der Waals surface area contributed by atoms with Crippen molar-refractivity contribution in [2.45, 2.75) is 6.10 Å². The fraction of sp³-hybridized carbons (Fsp3) is 0.231. The molecular weight excluding hydrogens is 230 g/mol. The van der Waals surface area contributed by atoms with Crippen LogP contribution in [0.5, 0.6) is 5.75 Å². The lowest BCUT2D eigenvalue weighted by molar-refractivity contribution is 0.270. The van der Waals surface area contributed by atoms with Crippen LogP contribution in [0.2, 0.25) is 0 Å². The molecule has 1 aromatic rings. The van der Waals surface area contributed by atoms with Gasteiger partial charge in [0, 0.05) is 18.9 Å². The average Bonchev–Trinajstić information content (AvgIpc) is 2.43. The van der Waals surface area contributed by atoms with Crippen LogP contribution in [-0.4, -0.2) is 25.4 Å². The van der Waals surface area contributed by atoms with Crippen LogP contribution in [0.4, 0.5) is 5.69 Å². The smallest absolute Gasteiger partial charge is 0.177 e. The van der Waals surface area contributed by atoms with Crippen molar-refractivity contribution < 1.29 is 9.84 Å². The van der Waals surface area contributed by atoms with E-state index in [1.165, 1.54) is 6.20 Å². The maximum absolute atomic E-state index is 9.30. The molecule has 0 fully saturated rings. The first-order valence-corrected chi connectivity index (χ1v) is 5.18. The Balaban J connectivity index is 2.93. The zero-order valence-electron chi connectivity index (χ0n) is 10.2. The number of aliphatic hydroxyl groups excluding tert-OH is 1. The SMILES string of the molecule is COc1ccc(N(C)/C=C(\C#N)C(O)C#N)cc1. The van der Waals surface area contributed by atoms with Gasteiger partial charge in [0.25, 0.3) is 0 Å². The highest BCUT2D eigenvalue weighted by Gasteiger charge is 2.10. The van der Waals surface area contributed by atoms with E-state index >= 15 is 0 Å². The van der Waals surface area contributed by atoms with Gasteiger partial charge in [0.05, 0.1) is 18.8 Å². The number of benzene rings is 1. The molecule has 1 rings (SSSR count). The Bertz CT molecular complexity index is 509. The van der Waals surface area contributed by atoms with Crippen LogP contribution in [0.25, 0.3) is 0 Å². The van der Waals surface area contributed by atoms with Crippen LogP contribution < -0.4 is 9.64 Å². The first-order valence-electron chi connectivity index (χ1n) is 5.18. The van der Waals surface area contributed by atoms with E-state index in [1.807, 2.05) is 12.1 Å². The van der Waals surface area contributed by atoms with Crippen molar-refractivity contribution in [2.24, 2.45) is 0 Å². The minimum Gasteiger partial charge on any atom is -0.497 e. The number of methoxy groups -OCH3 is 1. The number of rotatable bonds is 4. The van der Waals surface area contributed by atoms with Crippen molar-refractivity contribution in [1.82, 2.24) is 0 Å². The van der Waals surface area contributed by atoms with Crippen LogP contribution in [0, 0.1) is 22.7 Å². The summed E-state index contributed by atoms with van der Waals surface area (Å²) in [5.74, 6) is 0.730. The van der Waals surface area contributed by atoms with Crippen molar-refractivity contribution in [2.75, 3.05) is 19.1 Å². The molecule has 0 aliphatic heterocycles. The summed E-state index contributed by atoms with van der Waals surface area (Å²) >= 11 is 0. The third-order valence-electron chi connectivity index (χ3n) is 2.36. The summed E-state index contributed by atoms with van der Waals surface area (Å²) in [6.07, 6.45) is 0.0195. The summed E-state index contributed by atoms with van der Waals surface area (Å²) in [6, 6.07) is 10.6. The Kier molecular flexibility index (Phi) is 4.74. The van der Waals surface area contributed by atoms with E-state index in [0.29, 0.717) is 0 Å². The molecule has 0 aliphatic rings. The summed E-state index contributed by atoms with van der Waals surface area (Å²) < 4.78 is 5.04. The Morgan fingerprint density at radius 1 is 1.39 bits per heavy atom. The number of ether oxygens (including phenoxy) is 1. The molecule has 0 heterocycles. The molecule has 0 aromatic heterocycles. The molecule has 1 N–H and O–H groups in total. The predicted octanol–water partition coefficient (Wildman–Crippen LogP) is 1.42. The highest BCUT2D eigenvalue weighted by Crippen LogP contribution is 2.19. The van der Waals surface area contributed by atoms with Gasteiger partial charge >= 0.3 is 0 Å². The monoisotopic (exact) mass is 243 g/mol. The molecule has 92 valence electrons. The third-order valence-corrected chi connectivity index (χ3v) is 2.36. The summed E-state index contributed by atoms with van der Waals surface area (Å²) in [5.41, 5.74) is 0.810. The second kappa shape index (κ2) is 6.29. The second-order valence-electron chi connectivity index (χ2n) is 3.54. The molecule has 0 aliphatic carbocycles. The Morgan fingerprint density at radius 2 is 2.00 bits per heavy atom. The van der Waals surface area contributed by atoms with E-state index in [9.17, 15) is 5.11 Å². The molecule has 0 saturated heterocycles. The number of anilines is 1. The predicted molar refractivity (Wildman–Crippen MR) is 66.7 cm³/mol. The van der Waals surface area contributed by atoms with Crippen LogP contribution in [0.3, 0.4) is 0 Å². The lowest BCUT2D eigenvalue weighted by Gasteiger charge is -2.15. The summed E-state index contributed by atoms with van der Waals surface area (Å²) in [6.45, 7) is 0. The molecule has 5 heteroatoms. The minimum absolute atomic E-state index is 0.00387. The van der Waals surface area contributed by atoms with E-state index in [0.717, 1.165) is 11.4 Å². The number of hydrogen-bond acceptors (Lipinski definition) is 5. The maximum atomic E-state index is 9.30. The van der Waals surface area contributed by atoms with E-state index in [1.54, 1.807) is 43.3 Å². The molecule has 18 heavy (non-hydrogen) atoms. The molecule has 0 radical (unpaired) electrons. The first-order chi connectivity index (χ1) is 8.62. The van der Waals surface area contributed by atoms with Gasteiger partial charge in [-0.3, -0.25) is 0 Å². The van der Waals surface area contributed by atoms with Crippen LogP contribution in [-0.2, 0) is 0 Å². The van der Waals surface area contributed by atoms with Gasteiger partial charge in [-0.15, -0.1) is 0 Å². The quantitative estimate of drug-likeness (QED) is 0.639. The highest BCUT2D eigenvalue weighted by molar-refractivity contribution is 5.52. The maximum Gasteiger partial charge on any atom is 0.177 e. The van der Waals surface area contributed by atoms with Crippen molar-refractivity contribution in [3.8, 4) is 17.9 Å². The van der Waals surface area contributed by atoms with E-state index < -0.39 is 6.10 Å². The minimum atomic E-state index is -1.41. The molecule has 1 unspecified atom stereocenters. The third kappa shape index (κ3) is 3.24. The number of nitriles is 2. The Hall–Kier alpha value is -2.50. The van der Waals surface area contributed by atoms with Gasteiger partial charge in [-0.05, 0) is 24.3 Å². The van der Waals surface area contributed by atoms with Gasteiger partial charge in [0.2, 0.25) is 0 Å². The van der Waals surface area contributed by atoms with Crippen molar-refractivity contribution in [1.29, 1.82) is 10.5 Å². The normalized spacial score (nSPS) is 12.2. The van der Waals surface area contributed by atoms with Gasteiger partial charge in [-0.1, -0.05) is 0 Å². The van der Waals surface area contributed by atoms with Crippen LogP contribution in [0.15, 0.2) is 36.0 Å². The van der Waals surface area contributed by atoms with Crippen molar-refractivity contribution in [3.05, 3.63) is 36.0 Å². The Labute approximate surface area is 106 Å². The lowest BCUT2D eigenvalue weighted by atomic mass is 10.2. The summed E-state index contributed by atoms with van der Waals surface area (Å²) in [5, 5.41) is 26.7. The molecular formula is C13H13N3O2. The van der Waals surface area contributed by atoms with Gasteiger partial charge in [0.15, 0.2) is 6.10 Å². The highest BCUT2D eigenvalue weighted by atomic mass is 16.5. The van der Waals surface area contributed by atoms with E-state index in [-0.39, 0.29) is 5.57 Å². The molecule has 0 bridgehead atoms. The molecule has 5 nitrogen and oxygen atoms in total. The fourth-order valence-electron chi connectivity index (χ4n) is 1.33. The molecule has 0 amide bonds. The Morgan fingerprint density at radius 3 is 2.44 bits per heavy atom. The van der Waals surface area contributed by atoms with Gasteiger partial charge in [-0.2, -0.15) is 10.5 Å². The number of hydrogen-bond donors (Lipinski definition) is 1. The zero-order valence-corrected chi connectivity index (χ0v) is 10.2. The van der Waals surface area contributed by atoms with Gasteiger partial charge in [0.1, 0.15) is 11.8 Å².